The van der Waals surface area contributed by atoms with Crippen LogP contribution in [0.1, 0.15) is 17.8 Å². The number of benzene rings is 1. The van der Waals surface area contributed by atoms with Crippen molar-refractivity contribution in [1.82, 2.24) is 10.2 Å². The predicted octanol–water partition coefficient (Wildman–Crippen LogP) is 3.17. The van der Waals surface area contributed by atoms with Crippen molar-refractivity contribution in [1.29, 1.82) is 0 Å². The summed E-state index contributed by atoms with van der Waals surface area (Å²) in [4.78, 5) is 10.7. The van der Waals surface area contributed by atoms with Crippen molar-refractivity contribution in [2.45, 2.75) is 19.8 Å². The minimum absolute atomic E-state index is 0.0641. The van der Waals surface area contributed by atoms with Gasteiger partial charge in [0.1, 0.15) is 5.75 Å². The van der Waals surface area contributed by atoms with Crippen molar-refractivity contribution in [3.8, 4) is 16.9 Å². The average Bonchev–Trinajstić information content (AvgIpc) is 2.77. The van der Waals surface area contributed by atoms with Crippen LogP contribution in [0.25, 0.3) is 11.1 Å². The van der Waals surface area contributed by atoms with Gasteiger partial charge in [-0.15, -0.1) is 0 Å². The van der Waals surface area contributed by atoms with Gasteiger partial charge in [-0.1, -0.05) is 6.07 Å². The van der Waals surface area contributed by atoms with E-state index >= 15 is 0 Å². The minimum Gasteiger partial charge on any atom is -0.496 e. The van der Waals surface area contributed by atoms with E-state index in [4.69, 9.17) is 9.84 Å². The number of aryl methyl sites for hydroxylation is 2. The number of H-pyrrole nitrogens is 1. The van der Waals surface area contributed by atoms with Gasteiger partial charge < -0.3 is 9.84 Å². The van der Waals surface area contributed by atoms with Crippen LogP contribution in [-0.4, -0.2) is 28.4 Å². The van der Waals surface area contributed by atoms with Crippen molar-refractivity contribution in [3.05, 3.63) is 34.1 Å². The Labute approximate surface area is 125 Å². The summed E-state index contributed by atoms with van der Waals surface area (Å²) in [6.07, 6.45) is 0.466. The van der Waals surface area contributed by atoms with Gasteiger partial charge in [0.05, 0.1) is 23.7 Å². The zero-order chi connectivity index (χ0) is 14.7. The van der Waals surface area contributed by atoms with Crippen molar-refractivity contribution in [3.63, 3.8) is 0 Å². The molecular formula is C14H15BrN2O3. The Hall–Kier alpha value is -1.82. The summed E-state index contributed by atoms with van der Waals surface area (Å²) in [6.45, 7) is 1.92. The third-order valence-corrected chi connectivity index (χ3v) is 3.66. The topological polar surface area (TPSA) is 75.2 Å². The number of carbonyl (C=O) groups is 1. The molecule has 0 saturated heterocycles. The Balaban J connectivity index is 2.39. The van der Waals surface area contributed by atoms with Crippen LogP contribution in [0, 0.1) is 6.92 Å². The van der Waals surface area contributed by atoms with Crippen molar-refractivity contribution >= 4 is 21.9 Å². The van der Waals surface area contributed by atoms with Crippen LogP contribution in [0.2, 0.25) is 0 Å². The highest BCUT2D eigenvalue weighted by atomic mass is 79.9. The lowest BCUT2D eigenvalue weighted by molar-refractivity contribution is -0.136. The zero-order valence-electron chi connectivity index (χ0n) is 11.2. The number of aromatic nitrogens is 2. The van der Waals surface area contributed by atoms with Gasteiger partial charge in [-0.05, 0) is 40.5 Å². The van der Waals surface area contributed by atoms with E-state index in [1.807, 2.05) is 25.1 Å². The number of aromatic amines is 1. The maximum Gasteiger partial charge on any atom is 0.303 e. The first-order valence-corrected chi connectivity index (χ1v) is 6.91. The second-order valence-electron chi connectivity index (χ2n) is 4.41. The van der Waals surface area contributed by atoms with Crippen LogP contribution in [0.5, 0.6) is 5.75 Å². The molecule has 6 heteroatoms. The molecule has 0 fully saturated rings. The Morgan fingerprint density at radius 3 is 2.85 bits per heavy atom. The largest absolute Gasteiger partial charge is 0.496 e. The average molecular weight is 339 g/mol. The van der Waals surface area contributed by atoms with Gasteiger partial charge in [0.15, 0.2) is 0 Å². The maximum atomic E-state index is 10.7. The molecule has 0 aliphatic heterocycles. The van der Waals surface area contributed by atoms with Gasteiger partial charge in [0.25, 0.3) is 0 Å². The molecule has 2 rings (SSSR count). The normalized spacial score (nSPS) is 10.6. The molecule has 0 spiro atoms. The zero-order valence-corrected chi connectivity index (χ0v) is 12.8. The van der Waals surface area contributed by atoms with E-state index in [9.17, 15) is 4.79 Å². The molecule has 5 nitrogen and oxygen atoms in total. The number of aliphatic carboxylic acids is 1. The minimum atomic E-state index is -0.826. The third-order valence-electron chi connectivity index (χ3n) is 3.04. The maximum absolute atomic E-state index is 10.7. The van der Waals surface area contributed by atoms with E-state index in [1.54, 1.807) is 7.11 Å². The molecule has 20 heavy (non-hydrogen) atoms. The number of nitrogens with zero attached hydrogens (tertiary/aromatic N) is 1. The van der Waals surface area contributed by atoms with E-state index in [1.165, 1.54) is 0 Å². The molecule has 0 radical (unpaired) electrons. The van der Waals surface area contributed by atoms with Gasteiger partial charge in [0, 0.05) is 17.7 Å². The van der Waals surface area contributed by atoms with E-state index in [0.29, 0.717) is 6.42 Å². The lowest BCUT2D eigenvalue weighted by Crippen LogP contribution is -1.99. The van der Waals surface area contributed by atoms with Crippen molar-refractivity contribution < 1.29 is 14.6 Å². The van der Waals surface area contributed by atoms with E-state index in [0.717, 1.165) is 32.7 Å². The molecule has 1 heterocycles. The van der Waals surface area contributed by atoms with Gasteiger partial charge in [-0.3, -0.25) is 9.89 Å². The van der Waals surface area contributed by atoms with Crippen LogP contribution in [0.3, 0.4) is 0 Å². The highest BCUT2D eigenvalue weighted by Crippen LogP contribution is 2.33. The van der Waals surface area contributed by atoms with Crippen molar-refractivity contribution in [2.75, 3.05) is 7.11 Å². The second-order valence-corrected chi connectivity index (χ2v) is 5.27. The fourth-order valence-corrected chi connectivity index (χ4v) is 2.63. The number of hydrogen-bond donors (Lipinski definition) is 2. The first-order valence-electron chi connectivity index (χ1n) is 6.12. The number of ether oxygens (including phenoxy) is 1. The van der Waals surface area contributed by atoms with Crippen LogP contribution >= 0.6 is 15.9 Å². The molecule has 2 N–H and O–H groups in total. The summed E-state index contributed by atoms with van der Waals surface area (Å²) in [5, 5.41) is 15.9. The Bertz CT molecular complexity index is 637. The molecule has 0 unspecified atom stereocenters. The first kappa shape index (κ1) is 14.6. The molecule has 1 aromatic carbocycles. The number of halogens is 1. The monoisotopic (exact) mass is 338 g/mol. The fourth-order valence-electron chi connectivity index (χ4n) is 2.09. The number of methoxy groups -OCH3 is 1. The highest BCUT2D eigenvalue weighted by molar-refractivity contribution is 9.10. The summed E-state index contributed by atoms with van der Waals surface area (Å²) < 4.78 is 6.06. The number of nitrogens with one attached hydrogen (secondary N) is 1. The number of rotatable bonds is 5. The number of hydrogen-bond acceptors (Lipinski definition) is 3. The van der Waals surface area contributed by atoms with Gasteiger partial charge in [-0.2, -0.15) is 5.10 Å². The smallest absolute Gasteiger partial charge is 0.303 e. The summed E-state index contributed by atoms with van der Waals surface area (Å²) in [5.74, 6) is -0.0745. The molecule has 0 aliphatic rings. The molecule has 106 valence electrons. The lowest BCUT2D eigenvalue weighted by atomic mass is 10.0. The highest BCUT2D eigenvalue weighted by Gasteiger charge is 2.14. The van der Waals surface area contributed by atoms with Crippen LogP contribution < -0.4 is 4.74 Å². The summed E-state index contributed by atoms with van der Waals surface area (Å²) in [5.41, 5.74) is 3.61. The van der Waals surface area contributed by atoms with Gasteiger partial charge in [-0.25, -0.2) is 0 Å². The molecule has 0 saturated carbocycles. The van der Waals surface area contributed by atoms with E-state index in [2.05, 4.69) is 26.1 Å². The predicted molar refractivity (Wildman–Crippen MR) is 79.0 cm³/mol. The first-order chi connectivity index (χ1) is 9.52. The summed E-state index contributed by atoms with van der Waals surface area (Å²) >= 11 is 3.45. The molecule has 1 aromatic heterocycles. The lowest BCUT2D eigenvalue weighted by Gasteiger charge is -2.07. The van der Waals surface area contributed by atoms with E-state index < -0.39 is 5.97 Å². The molecular weight excluding hydrogens is 324 g/mol. The van der Waals surface area contributed by atoms with Crippen LogP contribution in [0.4, 0.5) is 0 Å². The third kappa shape index (κ3) is 3.01. The standard InChI is InChI=1S/C14H15BrN2O3/c1-8-14(11(17-16-8)4-6-13(18)19)9-3-5-12(20-2)10(15)7-9/h3,5,7H,4,6H2,1-2H3,(H,16,17)(H,18,19). The van der Waals surface area contributed by atoms with E-state index in [-0.39, 0.29) is 6.42 Å². The number of carboxylic acids is 1. The second kappa shape index (κ2) is 6.09. The molecule has 0 bridgehead atoms. The van der Waals surface area contributed by atoms with Gasteiger partial charge in [0.2, 0.25) is 0 Å². The van der Waals surface area contributed by atoms with Crippen molar-refractivity contribution in [2.24, 2.45) is 0 Å². The molecule has 0 amide bonds. The summed E-state index contributed by atoms with van der Waals surface area (Å²) in [6, 6.07) is 5.75. The van der Waals surface area contributed by atoms with Crippen LogP contribution in [-0.2, 0) is 11.2 Å². The summed E-state index contributed by atoms with van der Waals surface area (Å²) in [7, 11) is 1.61. The molecule has 0 aliphatic carbocycles. The SMILES string of the molecule is COc1ccc(-c2c(CCC(=O)O)n[nH]c2C)cc1Br. The Morgan fingerprint density at radius 1 is 1.50 bits per heavy atom. The Kier molecular flexibility index (Phi) is 4.44. The van der Waals surface area contributed by atoms with Gasteiger partial charge >= 0.3 is 5.97 Å². The van der Waals surface area contributed by atoms with Crippen LogP contribution in [0.15, 0.2) is 22.7 Å². The fraction of sp³-hybridized carbons (Fsp3) is 0.286. The Morgan fingerprint density at radius 2 is 2.25 bits per heavy atom. The molecule has 2 aromatic rings. The number of carboxylic acid groups (broad SMARTS) is 1. The molecule has 0 atom stereocenters. The quantitative estimate of drug-likeness (QED) is 0.877.